The molecule has 7 nitrogen and oxygen atoms in total. The minimum absolute atomic E-state index is 0.137. The molecule has 3 atom stereocenters. The number of nitrogens with zero attached hydrogens (tertiary/aromatic N) is 1. The molecule has 0 radical (unpaired) electrons. The lowest BCUT2D eigenvalue weighted by Crippen LogP contribution is -2.52. The number of fused-ring (bicyclic) bond motifs is 1. The summed E-state index contributed by atoms with van der Waals surface area (Å²) in [4.78, 5) is 29.7. The number of hydrogen-bond donors (Lipinski definition) is 4. The maximum Gasteiger partial charge on any atom is 0.242 e. The topological polar surface area (TPSA) is 109 Å². The number of aryl methyl sites for hydroxylation is 1. The summed E-state index contributed by atoms with van der Waals surface area (Å²) in [5.74, 6) is -0.391. The molecule has 4 rings (SSSR count). The third kappa shape index (κ3) is 4.74. The molecule has 2 aromatic rings. The van der Waals surface area contributed by atoms with E-state index in [-0.39, 0.29) is 23.7 Å². The number of anilines is 1. The lowest BCUT2D eigenvalue weighted by Gasteiger charge is -2.24. The number of nitrogen functional groups attached to an aromatic ring is 1. The molecular formula is C23H26FN5O2. The fraction of sp³-hybridized carbons (Fsp3) is 0.348. The van der Waals surface area contributed by atoms with Crippen LogP contribution in [0.2, 0.25) is 0 Å². The summed E-state index contributed by atoms with van der Waals surface area (Å²) in [6.07, 6.45) is 4.00. The van der Waals surface area contributed by atoms with E-state index in [2.05, 4.69) is 20.9 Å². The van der Waals surface area contributed by atoms with Gasteiger partial charge in [-0.3, -0.25) is 9.59 Å². The fourth-order valence-corrected chi connectivity index (χ4v) is 4.10. The van der Waals surface area contributed by atoms with Gasteiger partial charge in [0.15, 0.2) is 0 Å². The summed E-state index contributed by atoms with van der Waals surface area (Å²) < 4.78 is 13.5. The second-order valence-electron chi connectivity index (χ2n) is 7.99. The number of benzene rings is 1. The molecule has 0 bridgehead atoms. The highest BCUT2D eigenvalue weighted by Crippen LogP contribution is 2.30. The first kappa shape index (κ1) is 21.0. The Morgan fingerprint density at radius 2 is 2.10 bits per heavy atom. The number of nitrogens with two attached hydrogens (primary N) is 1. The number of hydrogen-bond acceptors (Lipinski definition) is 5. The van der Waals surface area contributed by atoms with Crippen LogP contribution in [-0.4, -0.2) is 35.4 Å². The standard InChI is InChI=1S/C23H26FN5O2/c1-13(22(30)29-19-7-6-18-17(19)5-8-21(25)28-18)27-23(31)20-12-15(9-10-26-20)14-3-2-4-16(24)11-14/h2-5,8,11-13,19-20,26H,6-7,9-10H2,1H3,(H2,25,28)(H,27,31)(H,29,30)/t13-,19+,20+/m0/s1. The van der Waals surface area contributed by atoms with Gasteiger partial charge in [-0.1, -0.05) is 24.3 Å². The molecule has 0 saturated heterocycles. The van der Waals surface area contributed by atoms with Gasteiger partial charge in [0.05, 0.1) is 6.04 Å². The number of halogens is 1. The molecule has 0 spiro atoms. The molecule has 0 unspecified atom stereocenters. The van der Waals surface area contributed by atoms with E-state index in [0.717, 1.165) is 35.2 Å². The smallest absolute Gasteiger partial charge is 0.242 e. The summed E-state index contributed by atoms with van der Waals surface area (Å²) >= 11 is 0. The first-order chi connectivity index (χ1) is 14.9. The van der Waals surface area contributed by atoms with E-state index < -0.39 is 12.1 Å². The predicted molar refractivity (Wildman–Crippen MR) is 116 cm³/mol. The van der Waals surface area contributed by atoms with Crippen molar-refractivity contribution in [1.82, 2.24) is 20.9 Å². The molecule has 2 aliphatic rings. The van der Waals surface area contributed by atoms with Crippen molar-refractivity contribution < 1.29 is 14.0 Å². The summed E-state index contributed by atoms with van der Waals surface area (Å²) in [5, 5.41) is 8.90. The number of nitrogens with one attached hydrogen (secondary N) is 3. The molecule has 0 fully saturated rings. The Hall–Kier alpha value is -3.26. The molecule has 2 heterocycles. The van der Waals surface area contributed by atoms with Gasteiger partial charge in [0, 0.05) is 12.2 Å². The molecule has 1 aromatic heterocycles. The lowest BCUT2D eigenvalue weighted by atomic mass is 9.96. The number of amides is 2. The SMILES string of the molecule is C[C@H](NC(=O)[C@H]1C=C(c2cccc(F)c2)CCN1)C(=O)N[C@@H]1CCc2nc(N)ccc21. The van der Waals surface area contributed by atoms with Gasteiger partial charge in [0.25, 0.3) is 0 Å². The number of carbonyl (C=O) groups excluding carboxylic acids is 2. The van der Waals surface area contributed by atoms with Gasteiger partial charge < -0.3 is 21.7 Å². The van der Waals surface area contributed by atoms with Crippen molar-refractivity contribution in [2.75, 3.05) is 12.3 Å². The van der Waals surface area contributed by atoms with Crippen molar-refractivity contribution in [3.63, 3.8) is 0 Å². The number of aromatic nitrogens is 1. The highest BCUT2D eigenvalue weighted by molar-refractivity contribution is 5.92. The van der Waals surface area contributed by atoms with Crippen molar-refractivity contribution >= 4 is 23.2 Å². The first-order valence-electron chi connectivity index (χ1n) is 10.5. The van der Waals surface area contributed by atoms with Crippen molar-refractivity contribution in [3.05, 3.63) is 65.1 Å². The maximum atomic E-state index is 13.5. The van der Waals surface area contributed by atoms with Crippen molar-refractivity contribution in [3.8, 4) is 0 Å². The van der Waals surface area contributed by atoms with E-state index in [1.54, 1.807) is 25.1 Å². The highest BCUT2D eigenvalue weighted by atomic mass is 19.1. The number of pyridine rings is 1. The van der Waals surface area contributed by atoms with Crippen LogP contribution >= 0.6 is 0 Å². The minimum atomic E-state index is -0.701. The van der Waals surface area contributed by atoms with Crippen molar-refractivity contribution in [2.45, 2.75) is 44.3 Å². The number of carbonyl (C=O) groups is 2. The monoisotopic (exact) mass is 423 g/mol. The normalized spacial score (nSPS) is 21.0. The van der Waals surface area contributed by atoms with Crippen LogP contribution in [0.15, 0.2) is 42.5 Å². The van der Waals surface area contributed by atoms with Crippen LogP contribution in [0.5, 0.6) is 0 Å². The zero-order valence-corrected chi connectivity index (χ0v) is 17.3. The zero-order chi connectivity index (χ0) is 22.0. The van der Waals surface area contributed by atoms with E-state index in [1.807, 2.05) is 12.1 Å². The van der Waals surface area contributed by atoms with Gasteiger partial charge >= 0.3 is 0 Å². The predicted octanol–water partition coefficient (Wildman–Crippen LogP) is 1.86. The van der Waals surface area contributed by atoms with Gasteiger partial charge in [0.1, 0.15) is 23.7 Å². The minimum Gasteiger partial charge on any atom is -0.384 e. The molecule has 162 valence electrons. The van der Waals surface area contributed by atoms with Gasteiger partial charge in [-0.15, -0.1) is 0 Å². The fourth-order valence-electron chi connectivity index (χ4n) is 4.10. The van der Waals surface area contributed by atoms with Gasteiger partial charge in [-0.2, -0.15) is 0 Å². The molecule has 1 aliphatic carbocycles. The summed E-state index contributed by atoms with van der Waals surface area (Å²) in [5.41, 5.74) is 9.28. The zero-order valence-electron chi connectivity index (χ0n) is 17.3. The molecule has 5 N–H and O–H groups in total. The van der Waals surface area contributed by atoms with Crippen molar-refractivity contribution in [2.24, 2.45) is 0 Å². The quantitative estimate of drug-likeness (QED) is 0.587. The molecule has 0 saturated carbocycles. The van der Waals surface area contributed by atoms with Crippen LogP contribution in [-0.2, 0) is 16.0 Å². The van der Waals surface area contributed by atoms with Gasteiger partial charge in [0.2, 0.25) is 11.8 Å². The first-order valence-corrected chi connectivity index (χ1v) is 10.5. The molecule has 2 amide bonds. The van der Waals surface area contributed by atoms with E-state index in [4.69, 9.17) is 5.73 Å². The maximum absolute atomic E-state index is 13.5. The Kier molecular flexibility index (Phi) is 5.99. The molecule has 31 heavy (non-hydrogen) atoms. The second kappa shape index (κ2) is 8.85. The molecule has 1 aliphatic heterocycles. The molecular weight excluding hydrogens is 397 g/mol. The summed E-state index contributed by atoms with van der Waals surface area (Å²) in [7, 11) is 0. The average molecular weight is 423 g/mol. The Balaban J connectivity index is 1.37. The highest BCUT2D eigenvalue weighted by Gasteiger charge is 2.28. The van der Waals surface area contributed by atoms with Crippen molar-refractivity contribution in [1.29, 1.82) is 0 Å². The lowest BCUT2D eigenvalue weighted by molar-refractivity contribution is -0.129. The van der Waals surface area contributed by atoms with E-state index in [1.165, 1.54) is 12.1 Å². The third-order valence-corrected chi connectivity index (χ3v) is 5.75. The largest absolute Gasteiger partial charge is 0.384 e. The van der Waals surface area contributed by atoms with Crippen LogP contribution < -0.4 is 21.7 Å². The second-order valence-corrected chi connectivity index (χ2v) is 7.99. The van der Waals surface area contributed by atoms with Crippen LogP contribution in [0.4, 0.5) is 10.2 Å². The summed E-state index contributed by atoms with van der Waals surface area (Å²) in [6, 6.07) is 8.53. The van der Waals surface area contributed by atoms with Crippen LogP contribution in [0.1, 0.15) is 42.6 Å². The van der Waals surface area contributed by atoms with E-state index in [0.29, 0.717) is 18.8 Å². The Morgan fingerprint density at radius 1 is 1.26 bits per heavy atom. The Bertz CT molecular complexity index is 1040. The number of rotatable bonds is 5. The average Bonchev–Trinajstić information content (AvgIpc) is 3.15. The van der Waals surface area contributed by atoms with Crippen LogP contribution in [0.25, 0.3) is 5.57 Å². The molecule has 1 aromatic carbocycles. The van der Waals surface area contributed by atoms with E-state index >= 15 is 0 Å². The van der Waals surface area contributed by atoms with E-state index in [9.17, 15) is 14.0 Å². The third-order valence-electron chi connectivity index (χ3n) is 5.75. The summed E-state index contributed by atoms with van der Waals surface area (Å²) in [6.45, 7) is 2.25. The molecule has 8 heteroatoms. The Labute approximate surface area is 180 Å². The Morgan fingerprint density at radius 3 is 2.90 bits per heavy atom. The van der Waals surface area contributed by atoms with Gasteiger partial charge in [-0.05, 0) is 61.1 Å². The van der Waals surface area contributed by atoms with Gasteiger partial charge in [-0.25, -0.2) is 9.37 Å². The van der Waals surface area contributed by atoms with Crippen LogP contribution in [0, 0.1) is 5.82 Å². The van der Waals surface area contributed by atoms with Crippen LogP contribution in [0.3, 0.4) is 0 Å².